The predicted octanol–water partition coefficient (Wildman–Crippen LogP) is 3.80. The third-order valence-electron chi connectivity index (χ3n) is 2.31. The van der Waals surface area contributed by atoms with Crippen LogP contribution in [0, 0.1) is 6.92 Å². The van der Waals surface area contributed by atoms with Gasteiger partial charge < -0.3 is 24.1 Å². The molecule has 2 saturated heterocycles. The highest BCUT2D eigenvalue weighted by molar-refractivity contribution is 6.18. The van der Waals surface area contributed by atoms with E-state index in [1.165, 1.54) is 6.92 Å². The van der Waals surface area contributed by atoms with Gasteiger partial charge in [-0.3, -0.25) is 0 Å². The highest BCUT2D eigenvalue weighted by Crippen LogP contribution is 2.23. The van der Waals surface area contributed by atoms with Crippen LogP contribution in [-0.2, 0) is 9.47 Å². The molecule has 0 amide bonds. The molecule has 2 fully saturated rings. The fraction of sp³-hybridized carbons (Fsp3) is 0.400. The maximum atomic E-state index is 9.36. The van der Waals surface area contributed by atoms with Gasteiger partial charge in [0.1, 0.15) is 18.4 Å². The molecule has 0 saturated carbocycles. The Labute approximate surface area is 188 Å². The molecule has 0 aromatic heterocycles. The molecule has 2 aromatic carbocycles. The molecule has 5 nitrogen and oxygen atoms in total. The van der Waals surface area contributed by atoms with Crippen molar-refractivity contribution in [2.45, 2.75) is 19.1 Å². The first-order chi connectivity index (χ1) is 20.7. The van der Waals surface area contributed by atoms with Crippen LogP contribution in [0.3, 0.4) is 0 Å². The molecule has 1 N–H and O–H groups in total. The molecule has 0 aliphatic carbocycles. The Morgan fingerprint density at radius 2 is 1.85 bits per heavy atom. The standard InChI is InChI=1S/C10H12O2.C7H8O2.C3H5ClO/c1-8-4-2-3-5-10(8)12-7-9-6-11-9;1-9-7-5-3-2-4-6(7)8;4-1-3-2-5-3/h2-5,9H,6-7H2,1H3;2-5,8H,1H3;3H,1-2H2/i2D,3D,4D,5D,6D2,7D2,9D;1D3,2D,3D,4D,5D;1D2,2D2,3D. The molecular formula is C20H25ClO5. The van der Waals surface area contributed by atoms with E-state index in [4.69, 9.17) is 45.1 Å². The molecule has 6 heteroatoms. The average molecular weight is 402 g/mol. The minimum Gasteiger partial charge on any atom is -0.504 e. The minimum atomic E-state index is -2.93. The zero-order valence-electron chi connectivity index (χ0n) is 34.0. The van der Waals surface area contributed by atoms with E-state index in [2.05, 4.69) is 14.2 Å². The van der Waals surface area contributed by atoms with E-state index in [0.717, 1.165) is 0 Å². The molecule has 4 rings (SSSR count). The van der Waals surface area contributed by atoms with Crippen molar-refractivity contribution in [1.82, 2.24) is 0 Å². The van der Waals surface area contributed by atoms with Gasteiger partial charge in [-0.1, -0.05) is 30.2 Å². The third kappa shape index (κ3) is 7.95. The first-order valence-corrected chi connectivity index (χ1v) is 6.92. The van der Waals surface area contributed by atoms with Gasteiger partial charge in [0.05, 0.1) is 58.1 Å². The summed E-state index contributed by atoms with van der Waals surface area (Å²) in [4.78, 5) is 0. The molecule has 2 aliphatic rings. The van der Waals surface area contributed by atoms with E-state index in [0.29, 0.717) is 0 Å². The Hall–Kier alpha value is -1.95. The van der Waals surface area contributed by atoms with Crippen molar-refractivity contribution in [3.05, 3.63) is 53.9 Å². The van der Waals surface area contributed by atoms with Crippen molar-refractivity contribution in [3.63, 3.8) is 0 Å². The SMILES string of the molecule is [2H]C([2H])(Cl)C1([2H])OC1([2H])[2H].[2H]c1c([2H])c([2H])c(OC([2H])([2H])C2([2H])OC2([2H])[2H])c(C)c1[2H].[2H]c1c([2H])c([2H])c(OC([2H])([2H])[2H])c(O)c1[2H]. The fourth-order valence-corrected chi connectivity index (χ4v) is 1.14. The van der Waals surface area contributed by atoms with E-state index in [9.17, 15) is 5.11 Å². The summed E-state index contributed by atoms with van der Waals surface area (Å²) < 4.78 is 169. The van der Waals surface area contributed by atoms with E-state index in [1.807, 2.05) is 0 Å². The lowest BCUT2D eigenvalue weighted by atomic mass is 10.2. The van der Waals surface area contributed by atoms with Crippen molar-refractivity contribution < 1.29 is 52.8 Å². The average Bonchev–Trinajstić information content (AvgIpc) is 3.69. The lowest BCUT2D eigenvalue weighted by Crippen LogP contribution is -2.04. The van der Waals surface area contributed by atoms with E-state index < -0.39 is 104 Å². The number of phenolic OH excluding ortho intramolecular Hbond substituents is 1. The fourth-order valence-electron chi connectivity index (χ4n) is 1.06. The monoisotopic (exact) mass is 401 g/mol. The first kappa shape index (κ1) is 6.03. The Morgan fingerprint density at radius 1 is 1.23 bits per heavy atom. The van der Waals surface area contributed by atoms with Gasteiger partial charge in [0, 0.05) is 2.74 Å². The largest absolute Gasteiger partial charge is 0.504 e. The molecule has 0 bridgehead atoms. The van der Waals surface area contributed by atoms with Crippen LogP contribution < -0.4 is 9.47 Å². The molecule has 2 aromatic rings. The topological polar surface area (TPSA) is 63.8 Å². The summed E-state index contributed by atoms with van der Waals surface area (Å²) in [5.41, 5.74) is -0.0327. The van der Waals surface area contributed by atoms with Crippen molar-refractivity contribution in [2.75, 3.05) is 32.5 Å². The molecule has 142 valence electrons. The number of phenols is 1. The second kappa shape index (κ2) is 10.9. The van der Waals surface area contributed by atoms with Gasteiger partial charge in [0.25, 0.3) is 0 Å². The summed E-state index contributed by atoms with van der Waals surface area (Å²) in [6.07, 6.45) is -4.83. The number of alkyl halides is 1. The molecule has 2 heterocycles. The quantitative estimate of drug-likeness (QED) is 0.609. The van der Waals surface area contributed by atoms with Gasteiger partial charge >= 0.3 is 0 Å². The van der Waals surface area contributed by atoms with Gasteiger partial charge in [-0.05, 0) is 30.6 Å². The van der Waals surface area contributed by atoms with Crippen LogP contribution in [0.1, 0.15) is 34.3 Å². The van der Waals surface area contributed by atoms with E-state index in [1.54, 1.807) is 0 Å². The van der Waals surface area contributed by atoms with Crippen LogP contribution in [0.25, 0.3) is 0 Å². The van der Waals surface area contributed by atoms with Gasteiger partial charge in [0.2, 0.25) is 0 Å². The molecule has 2 unspecified atom stereocenters. The Kier molecular flexibility index (Phi) is 2.53. The van der Waals surface area contributed by atoms with Crippen LogP contribution in [0.2, 0.25) is 0 Å². The van der Waals surface area contributed by atoms with E-state index >= 15 is 0 Å². The van der Waals surface area contributed by atoms with Crippen LogP contribution in [0.5, 0.6) is 17.2 Å². The van der Waals surface area contributed by atoms with Crippen LogP contribution >= 0.6 is 11.6 Å². The number of epoxide rings is 2. The van der Waals surface area contributed by atoms with Gasteiger partial charge in [-0.15, -0.1) is 11.6 Å². The summed E-state index contributed by atoms with van der Waals surface area (Å²) >= 11 is 5.04. The first-order valence-electron chi connectivity index (χ1n) is 17.0. The number of rotatable bonds is 5. The molecule has 2 aliphatic heterocycles. The lowest BCUT2D eigenvalue weighted by Gasteiger charge is -2.06. The maximum absolute atomic E-state index is 9.36. The Bertz CT molecular complexity index is 1480. The summed E-state index contributed by atoms with van der Waals surface area (Å²) in [5, 5.41) is 9.36. The zero-order valence-corrected chi connectivity index (χ0v) is 13.7. The smallest absolute Gasteiger partial charge is 0.160 e. The second-order valence-electron chi connectivity index (χ2n) is 4.10. The second-order valence-corrected chi connectivity index (χ2v) is 4.29. The molecule has 26 heavy (non-hydrogen) atoms. The normalized spacial score (nSPS) is 42.0. The van der Waals surface area contributed by atoms with Crippen molar-refractivity contribution >= 4 is 11.6 Å². The minimum absolute atomic E-state index is 0.0327. The van der Waals surface area contributed by atoms with Crippen molar-refractivity contribution in [2.24, 2.45) is 0 Å². The third-order valence-corrected chi connectivity index (χ3v) is 2.48. The van der Waals surface area contributed by atoms with Crippen molar-refractivity contribution in [3.8, 4) is 17.2 Å². The summed E-state index contributed by atoms with van der Waals surface area (Å²) in [7, 11) is -2.89. The molecule has 0 spiro atoms. The number of para-hydroxylation sites is 3. The molecular weight excluding hydrogens is 356 g/mol. The molecule has 2 atom stereocenters. The summed E-state index contributed by atoms with van der Waals surface area (Å²) in [6.45, 7) is -6.39. The summed E-state index contributed by atoms with van der Waals surface area (Å²) in [6, 6.07) is -4.85. The number of benzene rings is 2. The van der Waals surface area contributed by atoms with Gasteiger partial charge in [0.15, 0.2) is 11.5 Å². The van der Waals surface area contributed by atoms with Crippen molar-refractivity contribution in [1.29, 1.82) is 0 Å². The summed E-state index contributed by atoms with van der Waals surface area (Å²) in [5.74, 6) is -4.63. The van der Waals surface area contributed by atoms with Crippen LogP contribution in [0.15, 0.2) is 48.3 Å². The number of hydrogen-bond donors (Lipinski definition) is 1. The maximum Gasteiger partial charge on any atom is 0.160 e. The Morgan fingerprint density at radius 3 is 2.42 bits per heavy atom. The highest BCUT2D eigenvalue weighted by atomic mass is 35.5. The number of ether oxygens (including phenoxy) is 4. The Balaban J connectivity index is 0.000000261. The van der Waals surface area contributed by atoms with Crippen LogP contribution in [0.4, 0.5) is 0 Å². The number of halogens is 1. The van der Waals surface area contributed by atoms with Gasteiger partial charge in [-0.25, -0.2) is 0 Å². The zero-order chi connectivity index (χ0) is 37.3. The molecule has 0 radical (unpaired) electrons. The predicted molar refractivity (Wildman–Crippen MR) is 102 cm³/mol. The van der Waals surface area contributed by atoms with Crippen LogP contribution in [-0.4, -0.2) is 49.8 Å². The number of methoxy groups -OCH3 is 1. The lowest BCUT2D eigenvalue weighted by molar-refractivity contribution is 0.262. The number of hydrogen-bond acceptors (Lipinski definition) is 5. The highest BCUT2D eigenvalue weighted by Gasteiger charge is 2.23. The van der Waals surface area contributed by atoms with Gasteiger partial charge in [-0.2, -0.15) is 0 Å². The number of aromatic hydroxyl groups is 1. The van der Waals surface area contributed by atoms with E-state index in [-0.39, 0.29) is 11.6 Å².